The first-order valence-corrected chi connectivity index (χ1v) is 6.93. The van der Waals surface area contributed by atoms with Gasteiger partial charge in [0.2, 0.25) is 5.91 Å². The predicted molar refractivity (Wildman–Crippen MR) is 85.0 cm³/mol. The largest absolute Gasteiger partial charge is 0.328 e. The van der Waals surface area contributed by atoms with Crippen molar-refractivity contribution in [2.24, 2.45) is 0 Å². The minimum Gasteiger partial charge on any atom is -0.325 e. The molecular formula is C16H16N4O3. The number of aromatic amines is 1. The van der Waals surface area contributed by atoms with Crippen molar-refractivity contribution in [1.29, 1.82) is 5.26 Å². The minimum absolute atomic E-state index is 0.207. The maximum atomic E-state index is 11.9. The van der Waals surface area contributed by atoms with Crippen molar-refractivity contribution >= 4 is 11.6 Å². The van der Waals surface area contributed by atoms with Crippen LogP contribution < -0.4 is 16.6 Å². The normalized spacial score (nSPS) is 10.8. The third-order valence-corrected chi connectivity index (χ3v) is 3.38. The summed E-state index contributed by atoms with van der Waals surface area (Å²) in [6.07, 6.45) is 1.26. The zero-order valence-electron chi connectivity index (χ0n) is 12.8. The molecule has 1 aromatic heterocycles. The lowest BCUT2D eigenvalue weighted by Crippen LogP contribution is -2.32. The molecule has 7 nitrogen and oxygen atoms in total. The van der Waals surface area contributed by atoms with Crippen molar-refractivity contribution in [2.45, 2.75) is 25.8 Å². The van der Waals surface area contributed by atoms with E-state index in [1.165, 1.54) is 12.3 Å². The van der Waals surface area contributed by atoms with Crippen LogP contribution in [0.15, 0.2) is 46.1 Å². The molecule has 1 amide bonds. The van der Waals surface area contributed by atoms with E-state index in [1.807, 2.05) is 13.8 Å². The summed E-state index contributed by atoms with van der Waals surface area (Å²) in [6.45, 7) is 3.41. The molecule has 118 valence electrons. The summed E-state index contributed by atoms with van der Waals surface area (Å²) >= 11 is 0. The summed E-state index contributed by atoms with van der Waals surface area (Å²) in [4.78, 5) is 36.5. The Kier molecular flexibility index (Phi) is 4.46. The number of nitriles is 1. The summed E-state index contributed by atoms with van der Waals surface area (Å²) < 4.78 is 1.10. The van der Waals surface area contributed by atoms with Crippen LogP contribution in [0.4, 0.5) is 5.69 Å². The van der Waals surface area contributed by atoms with Crippen LogP contribution in [-0.2, 0) is 16.8 Å². The van der Waals surface area contributed by atoms with Crippen LogP contribution in [0.25, 0.3) is 0 Å². The number of hydrogen-bond donors (Lipinski definition) is 2. The van der Waals surface area contributed by atoms with E-state index in [-0.39, 0.29) is 6.54 Å². The third kappa shape index (κ3) is 3.95. The third-order valence-electron chi connectivity index (χ3n) is 3.38. The first-order valence-electron chi connectivity index (χ1n) is 6.93. The van der Waals surface area contributed by atoms with E-state index in [2.05, 4.69) is 16.4 Å². The van der Waals surface area contributed by atoms with Gasteiger partial charge in [-0.3, -0.25) is 19.1 Å². The molecule has 0 saturated carbocycles. The van der Waals surface area contributed by atoms with Crippen molar-refractivity contribution in [2.75, 3.05) is 5.32 Å². The molecule has 0 bridgehead atoms. The second kappa shape index (κ2) is 6.32. The number of H-pyrrole nitrogens is 1. The molecule has 2 aromatic rings. The van der Waals surface area contributed by atoms with Gasteiger partial charge in [0, 0.05) is 18.0 Å². The van der Waals surface area contributed by atoms with Gasteiger partial charge in [0.25, 0.3) is 5.56 Å². The SMILES string of the molecule is CC(C)(C#N)c1ccc(NC(=O)Cn2ccc(=O)[nH]c2=O)cc1. The Balaban J connectivity index is 2.08. The number of benzene rings is 1. The van der Waals surface area contributed by atoms with Crippen LogP contribution in [0.5, 0.6) is 0 Å². The van der Waals surface area contributed by atoms with Gasteiger partial charge in [0.15, 0.2) is 0 Å². The number of aromatic nitrogens is 2. The van der Waals surface area contributed by atoms with E-state index in [0.717, 1.165) is 10.1 Å². The summed E-state index contributed by atoms with van der Waals surface area (Å²) in [7, 11) is 0. The van der Waals surface area contributed by atoms with Gasteiger partial charge in [-0.05, 0) is 31.5 Å². The van der Waals surface area contributed by atoms with Crippen LogP contribution in [0.3, 0.4) is 0 Å². The molecule has 0 atom stereocenters. The summed E-state index contributed by atoms with van der Waals surface area (Å²) in [6, 6.07) is 10.3. The molecule has 0 aliphatic heterocycles. The number of nitrogens with one attached hydrogen (secondary N) is 2. The molecular weight excluding hydrogens is 296 g/mol. The summed E-state index contributed by atoms with van der Waals surface area (Å²) in [5.41, 5.74) is -0.355. The summed E-state index contributed by atoms with van der Waals surface area (Å²) in [5.74, 6) is -0.397. The lowest BCUT2D eigenvalue weighted by atomic mass is 9.86. The topological polar surface area (TPSA) is 108 Å². The highest BCUT2D eigenvalue weighted by molar-refractivity contribution is 5.90. The Bertz CT molecular complexity index is 870. The van der Waals surface area contributed by atoms with Crippen LogP contribution >= 0.6 is 0 Å². The van der Waals surface area contributed by atoms with E-state index in [0.29, 0.717) is 5.69 Å². The number of hydrogen-bond acceptors (Lipinski definition) is 4. The van der Waals surface area contributed by atoms with Gasteiger partial charge in [-0.2, -0.15) is 5.26 Å². The Morgan fingerprint density at radius 3 is 2.48 bits per heavy atom. The molecule has 1 aromatic carbocycles. The fourth-order valence-corrected chi connectivity index (χ4v) is 1.96. The smallest absolute Gasteiger partial charge is 0.325 e. The van der Waals surface area contributed by atoms with E-state index >= 15 is 0 Å². The zero-order chi connectivity index (χ0) is 17.0. The molecule has 2 rings (SSSR count). The number of carbonyl (C=O) groups is 1. The molecule has 0 radical (unpaired) electrons. The number of carbonyl (C=O) groups excluding carboxylic acids is 1. The van der Waals surface area contributed by atoms with Gasteiger partial charge in [-0.25, -0.2) is 4.79 Å². The van der Waals surface area contributed by atoms with Crippen LogP contribution in [-0.4, -0.2) is 15.5 Å². The lowest BCUT2D eigenvalue weighted by molar-refractivity contribution is -0.116. The van der Waals surface area contributed by atoms with Crippen molar-refractivity contribution < 1.29 is 4.79 Å². The highest BCUT2D eigenvalue weighted by atomic mass is 16.2. The Labute approximate surface area is 132 Å². The van der Waals surface area contributed by atoms with Crippen molar-refractivity contribution in [3.8, 4) is 6.07 Å². The van der Waals surface area contributed by atoms with E-state index in [4.69, 9.17) is 5.26 Å². The van der Waals surface area contributed by atoms with E-state index in [1.54, 1.807) is 24.3 Å². The highest BCUT2D eigenvalue weighted by Crippen LogP contribution is 2.23. The van der Waals surface area contributed by atoms with Crippen LogP contribution in [0.2, 0.25) is 0 Å². The molecule has 2 N–H and O–H groups in total. The van der Waals surface area contributed by atoms with Gasteiger partial charge in [-0.1, -0.05) is 12.1 Å². The van der Waals surface area contributed by atoms with Crippen LogP contribution in [0.1, 0.15) is 19.4 Å². The molecule has 0 fully saturated rings. The average molecular weight is 312 g/mol. The fraction of sp³-hybridized carbons (Fsp3) is 0.250. The predicted octanol–water partition coefficient (Wildman–Crippen LogP) is 0.976. The number of rotatable bonds is 4. The molecule has 23 heavy (non-hydrogen) atoms. The highest BCUT2D eigenvalue weighted by Gasteiger charge is 2.19. The van der Waals surface area contributed by atoms with Gasteiger partial charge in [-0.15, -0.1) is 0 Å². The zero-order valence-corrected chi connectivity index (χ0v) is 12.8. The number of amides is 1. The van der Waals surface area contributed by atoms with Gasteiger partial charge >= 0.3 is 5.69 Å². The maximum Gasteiger partial charge on any atom is 0.328 e. The van der Waals surface area contributed by atoms with Gasteiger partial charge in [0.05, 0.1) is 11.5 Å². The average Bonchev–Trinajstić information content (AvgIpc) is 2.50. The first kappa shape index (κ1) is 16.2. The molecule has 0 saturated heterocycles. The van der Waals surface area contributed by atoms with Gasteiger partial charge < -0.3 is 5.32 Å². The minimum atomic E-state index is -0.640. The Morgan fingerprint density at radius 1 is 1.26 bits per heavy atom. The Hall–Kier alpha value is -3.14. The van der Waals surface area contributed by atoms with Crippen molar-refractivity contribution in [3.63, 3.8) is 0 Å². The molecule has 1 heterocycles. The number of nitrogens with zero attached hydrogens (tertiary/aromatic N) is 2. The fourth-order valence-electron chi connectivity index (χ4n) is 1.96. The second-order valence-electron chi connectivity index (χ2n) is 5.60. The second-order valence-corrected chi connectivity index (χ2v) is 5.60. The standard InChI is InChI=1S/C16H16N4O3/c1-16(2,10-17)11-3-5-12(6-4-11)18-14(22)9-20-8-7-13(21)19-15(20)23/h3-8H,9H2,1-2H3,(H,18,22)(H,19,21,23). The van der Waals surface area contributed by atoms with E-state index < -0.39 is 22.6 Å². The quantitative estimate of drug-likeness (QED) is 0.877. The summed E-state index contributed by atoms with van der Waals surface area (Å²) in [5, 5.41) is 11.7. The number of anilines is 1. The van der Waals surface area contributed by atoms with Crippen molar-refractivity contribution in [3.05, 3.63) is 62.9 Å². The molecule has 0 unspecified atom stereocenters. The maximum absolute atomic E-state index is 11.9. The lowest BCUT2D eigenvalue weighted by Gasteiger charge is -2.16. The first-order chi connectivity index (χ1) is 10.8. The van der Waals surface area contributed by atoms with Crippen LogP contribution in [0, 0.1) is 11.3 Å². The molecule has 7 heteroatoms. The van der Waals surface area contributed by atoms with Crippen molar-refractivity contribution in [1.82, 2.24) is 9.55 Å². The molecule has 0 spiro atoms. The monoisotopic (exact) mass is 312 g/mol. The molecule has 0 aliphatic carbocycles. The Morgan fingerprint density at radius 2 is 1.91 bits per heavy atom. The van der Waals surface area contributed by atoms with Gasteiger partial charge in [0.1, 0.15) is 6.54 Å². The molecule has 0 aliphatic rings. The van der Waals surface area contributed by atoms with E-state index in [9.17, 15) is 14.4 Å².